The van der Waals surface area contributed by atoms with Crippen LogP contribution in [0.4, 0.5) is 0 Å². The van der Waals surface area contributed by atoms with E-state index in [1.54, 1.807) is 35.7 Å². The predicted molar refractivity (Wildman–Crippen MR) is 90.1 cm³/mol. The number of hydrogen-bond acceptors (Lipinski definition) is 3. The molecule has 0 unspecified atom stereocenters. The number of amides is 1. The lowest BCUT2D eigenvalue weighted by Crippen LogP contribution is -2.42. The van der Waals surface area contributed by atoms with Gasteiger partial charge in [0.25, 0.3) is 5.91 Å². The summed E-state index contributed by atoms with van der Waals surface area (Å²) in [4.78, 5) is 14.6. The summed E-state index contributed by atoms with van der Waals surface area (Å²) >= 11 is 0. The van der Waals surface area contributed by atoms with Crippen LogP contribution >= 0.6 is 0 Å². The van der Waals surface area contributed by atoms with Crippen LogP contribution in [-0.2, 0) is 6.54 Å². The summed E-state index contributed by atoms with van der Waals surface area (Å²) in [5, 5.41) is 14.4. The zero-order valence-electron chi connectivity index (χ0n) is 14.2. The van der Waals surface area contributed by atoms with Gasteiger partial charge in [0.2, 0.25) is 0 Å². The van der Waals surface area contributed by atoms with Crippen LogP contribution < -0.4 is 0 Å². The number of benzene rings is 1. The Hall–Kier alpha value is -2.14. The van der Waals surface area contributed by atoms with E-state index in [9.17, 15) is 9.90 Å². The molecule has 0 aliphatic rings. The third-order valence-electron chi connectivity index (χ3n) is 3.46. The molecule has 2 aromatic rings. The summed E-state index contributed by atoms with van der Waals surface area (Å²) in [6.45, 7) is 8.09. The van der Waals surface area contributed by atoms with Crippen molar-refractivity contribution in [1.29, 1.82) is 0 Å². The minimum Gasteiger partial charge on any atom is -0.389 e. The van der Waals surface area contributed by atoms with Crippen molar-refractivity contribution >= 4 is 5.91 Å². The van der Waals surface area contributed by atoms with Gasteiger partial charge in [0.15, 0.2) is 0 Å². The number of nitrogens with zero attached hydrogens (tertiary/aromatic N) is 3. The van der Waals surface area contributed by atoms with E-state index < -0.39 is 5.60 Å². The van der Waals surface area contributed by atoms with Crippen LogP contribution in [0.3, 0.4) is 0 Å². The number of rotatable bonds is 6. The number of hydrogen-bond donors (Lipinski definition) is 1. The molecule has 0 spiro atoms. The van der Waals surface area contributed by atoms with Crippen LogP contribution in [-0.4, -0.2) is 37.8 Å². The van der Waals surface area contributed by atoms with Gasteiger partial charge in [-0.1, -0.05) is 30.3 Å². The van der Waals surface area contributed by atoms with Crippen molar-refractivity contribution in [1.82, 2.24) is 14.7 Å². The Balaban J connectivity index is 2.29. The van der Waals surface area contributed by atoms with Gasteiger partial charge in [-0.3, -0.25) is 9.48 Å². The number of carbonyl (C=O) groups excluding carboxylic acids is 1. The molecular weight excluding hydrogens is 290 g/mol. The predicted octanol–water partition coefficient (Wildman–Crippen LogP) is 2.88. The molecule has 0 aliphatic heterocycles. The third-order valence-corrected chi connectivity index (χ3v) is 3.46. The van der Waals surface area contributed by atoms with E-state index in [-0.39, 0.29) is 18.5 Å². The Kier molecular flexibility index (Phi) is 5.21. The molecule has 1 heterocycles. The lowest BCUT2D eigenvalue weighted by atomic mass is 10.1. The zero-order chi connectivity index (χ0) is 17.0. The van der Waals surface area contributed by atoms with Crippen LogP contribution in [0.5, 0.6) is 0 Å². The summed E-state index contributed by atoms with van der Waals surface area (Å²) in [5.41, 5.74) is 0.605. The van der Waals surface area contributed by atoms with Crippen LogP contribution in [0.1, 0.15) is 49.8 Å². The zero-order valence-corrected chi connectivity index (χ0v) is 14.2. The summed E-state index contributed by atoms with van der Waals surface area (Å²) in [6.07, 6.45) is 1.64. The maximum atomic E-state index is 13.0. The van der Waals surface area contributed by atoms with Gasteiger partial charge in [0, 0.05) is 25.3 Å². The molecule has 0 aliphatic carbocycles. The van der Waals surface area contributed by atoms with Gasteiger partial charge < -0.3 is 10.0 Å². The quantitative estimate of drug-likeness (QED) is 0.891. The first-order chi connectivity index (χ1) is 10.8. The molecule has 0 fully saturated rings. The summed E-state index contributed by atoms with van der Waals surface area (Å²) in [5.74, 6) is -0.123. The second-order valence-corrected chi connectivity index (χ2v) is 6.71. The van der Waals surface area contributed by atoms with E-state index in [1.807, 2.05) is 44.2 Å². The van der Waals surface area contributed by atoms with Gasteiger partial charge in [0.1, 0.15) is 5.69 Å². The van der Waals surface area contributed by atoms with E-state index >= 15 is 0 Å². The fourth-order valence-corrected chi connectivity index (χ4v) is 2.53. The molecule has 124 valence electrons. The molecule has 1 aromatic heterocycles. The number of aromatic nitrogens is 2. The van der Waals surface area contributed by atoms with Crippen molar-refractivity contribution in [2.45, 2.75) is 45.9 Å². The average molecular weight is 315 g/mol. The largest absolute Gasteiger partial charge is 0.389 e. The van der Waals surface area contributed by atoms with Gasteiger partial charge in [-0.05, 0) is 39.3 Å². The van der Waals surface area contributed by atoms with Crippen molar-refractivity contribution in [3.63, 3.8) is 0 Å². The topological polar surface area (TPSA) is 58.4 Å². The standard InChI is InChI=1S/C18H25N3O2/c1-14(2)21-16(10-11-19-21)17(22)20(13-18(3,4)23)12-15-8-6-5-7-9-15/h5-11,14,23H,12-13H2,1-4H3. The fraction of sp³-hybridized carbons (Fsp3) is 0.444. The normalized spacial score (nSPS) is 11.7. The van der Waals surface area contributed by atoms with Crippen LogP contribution in [0.15, 0.2) is 42.6 Å². The minimum absolute atomic E-state index is 0.102. The van der Waals surface area contributed by atoms with Gasteiger partial charge >= 0.3 is 0 Å². The first-order valence-corrected chi connectivity index (χ1v) is 7.87. The molecule has 1 aromatic carbocycles. The molecule has 1 amide bonds. The van der Waals surface area contributed by atoms with Crippen LogP contribution in [0.2, 0.25) is 0 Å². The maximum absolute atomic E-state index is 13.0. The average Bonchev–Trinajstić information content (AvgIpc) is 2.95. The molecule has 0 saturated carbocycles. The molecule has 5 heteroatoms. The highest BCUT2D eigenvalue weighted by atomic mass is 16.3. The number of aliphatic hydroxyl groups is 1. The van der Waals surface area contributed by atoms with Crippen molar-refractivity contribution < 1.29 is 9.90 Å². The molecule has 0 radical (unpaired) electrons. The monoisotopic (exact) mass is 315 g/mol. The van der Waals surface area contributed by atoms with Gasteiger partial charge in [0.05, 0.1) is 5.60 Å². The molecule has 0 atom stereocenters. The molecule has 2 rings (SSSR count). The lowest BCUT2D eigenvalue weighted by Gasteiger charge is -2.29. The Morgan fingerprint density at radius 1 is 1.26 bits per heavy atom. The number of carbonyl (C=O) groups is 1. The second kappa shape index (κ2) is 6.96. The van der Waals surface area contributed by atoms with Gasteiger partial charge in [-0.15, -0.1) is 0 Å². The lowest BCUT2D eigenvalue weighted by molar-refractivity contribution is 0.0272. The van der Waals surface area contributed by atoms with Crippen LogP contribution in [0, 0.1) is 0 Å². The SMILES string of the molecule is CC(C)n1nccc1C(=O)N(Cc1ccccc1)CC(C)(C)O. The van der Waals surface area contributed by atoms with Crippen molar-refractivity contribution in [3.05, 3.63) is 53.9 Å². The second-order valence-electron chi connectivity index (χ2n) is 6.71. The molecular formula is C18H25N3O2. The smallest absolute Gasteiger partial charge is 0.272 e. The van der Waals surface area contributed by atoms with E-state index in [2.05, 4.69) is 5.10 Å². The highest BCUT2D eigenvalue weighted by Gasteiger charge is 2.26. The van der Waals surface area contributed by atoms with Crippen molar-refractivity contribution in [3.8, 4) is 0 Å². The first kappa shape index (κ1) is 17.2. The maximum Gasteiger partial charge on any atom is 0.272 e. The van der Waals surface area contributed by atoms with Crippen molar-refractivity contribution in [2.75, 3.05) is 6.54 Å². The van der Waals surface area contributed by atoms with Gasteiger partial charge in [-0.25, -0.2) is 0 Å². The summed E-state index contributed by atoms with van der Waals surface area (Å²) in [7, 11) is 0. The van der Waals surface area contributed by atoms with Crippen LogP contribution in [0.25, 0.3) is 0 Å². The Bertz CT molecular complexity index is 642. The molecule has 23 heavy (non-hydrogen) atoms. The van der Waals surface area contributed by atoms with E-state index in [0.29, 0.717) is 12.2 Å². The molecule has 0 bridgehead atoms. The Morgan fingerprint density at radius 2 is 1.91 bits per heavy atom. The third kappa shape index (κ3) is 4.66. The Morgan fingerprint density at radius 3 is 2.48 bits per heavy atom. The first-order valence-electron chi connectivity index (χ1n) is 7.87. The van der Waals surface area contributed by atoms with E-state index in [0.717, 1.165) is 5.56 Å². The van der Waals surface area contributed by atoms with Gasteiger partial charge in [-0.2, -0.15) is 5.10 Å². The summed E-state index contributed by atoms with van der Waals surface area (Å²) < 4.78 is 1.71. The molecule has 5 nitrogen and oxygen atoms in total. The fourth-order valence-electron chi connectivity index (χ4n) is 2.53. The molecule has 0 saturated heterocycles. The molecule has 1 N–H and O–H groups in total. The highest BCUT2D eigenvalue weighted by molar-refractivity contribution is 5.92. The highest BCUT2D eigenvalue weighted by Crippen LogP contribution is 2.16. The van der Waals surface area contributed by atoms with E-state index in [4.69, 9.17) is 0 Å². The Labute approximate surface area is 137 Å². The van der Waals surface area contributed by atoms with Crippen molar-refractivity contribution in [2.24, 2.45) is 0 Å². The van der Waals surface area contributed by atoms with E-state index in [1.165, 1.54) is 0 Å². The minimum atomic E-state index is -0.965. The summed E-state index contributed by atoms with van der Waals surface area (Å²) in [6, 6.07) is 11.6.